The quantitative estimate of drug-likeness (QED) is 0.335. The average Bonchev–Trinajstić information content (AvgIpc) is 2.60. The Morgan fingerprint density at radius 2 is 2.04 bits per heavy atom. The summed E-state index contributed by atoms with van der Waals surface area (Å²) >= 11 is 0. The van der Waals surface area contributed by atoms with Crippen molar-refractivity contribution < 1.29 is 9.57 Å². The van der Waals surface area contributed by atoms with E-state index in [1.807, 2.05) is 44.3 Å². The zero-order chi connectivity index (χ0) is 17.4. The first-order chi connectivity index (χ1) is 11.7. The van der Waals surface area contributed by atoms with Crippen LogP contribution in [0.15, 0.2) is 60.3 Å². The molecule has 1 N–H and O–H groups in total. The van der Waals surface area contributed by atoms with E-state index in [-0.39, 0.29) is 0 Å². The van der Waals surface area contributed by atoms with E-state index < -0.39 is 0 Å². The predicted molar refractivity (Wildman–Crippen MR) is 99.9 cm³/mol. The normalized spacial score (nSPS) is 11.0. The fourth-order valence-corrected chi connectivity index (χ4v) is 2.33. The highest BCUT2D eigenvalue weighted by Crippen LogP contribution is 2.22. The summed E-state index contributed by atoms with van der Waals surface area (Å²) in [6.07, 6.45) is 1.66. The van der Waals surface area contributed by atoms with Crippen molar-refractivity contribution in [1.82, 2.24) is 0 Å². The molecule has 0 aliphatic rings. The molecule has 4 nitrogen and oxygen atoms in total. The third kappa shape index (κ3) is 4.62. The summed E-state index contributed by atoms with van der Waals surface area (Å²) in [5.74, 6) is 0.802. The monoisotopic (exact) mass is 324 g/mol. The SMILES string of the molecule is C=CCON=C(C)c1cccc(OCc2c(C)cccc2NC)c1. The Kier molecular flexibility index (Phi) is 6.43. The van der Waals surface area contributed by atoms with Gasteiger partial charge in [-0.1, -0.05) is 42.1 Å². The van der Waals surface area contributed by atoms with Gasteiger partial charge in [0.15, 0.2) is 0 Å². The number of aryl methyl sites for hydroxylation is 1. The molecule has 24 heavy (non-hydrogen) atoms. The Bertz CT molecular complexity index is 723. The highest BCUT2D eigenvalue weighted by Gasteiger charge is 2.06. The van der Waals surface area contributed by atoms with Crippen molar-refractivity contribution in [2.24, 2.45) is 5.16 Å². The van der Waals surface area contributed by atoms with Crippen LogP contribution in [0.3, 0.4) is 0 Å². The molecule has 126 valence electrons. The van der Waals surface area contributed by atoms with E-state index in [1.165, 1.54) is 5.56 Å². The molecule has 4 heteroatoms. The summed E-state index contributed by atoms with van der Waals surface area (Å²) in [5.41, 5.74) is 5.21. The number of rotatable bonds is 8. The van der Waals surface area contributed by atoms with Crippen molar-refractivity contribution in [3.05, 3.63) is 71.8 Å². The smallest absolute Gasteiger partial charge is 0.135 e. The van der Waals surface area contributed by atoms with Crippen LogP contribution in [0.1, 0.15) is 23.6 Å². The first-order valence-electron chi connectivity index (χ1n) is 7.92. The van der Waals surface area contributed by atoms with E-state index >= 15 is 0 Å². The van der Waals surface area contributed by atoms with Crippen LogP contribution >= 0.6 is 0 Å². The lowest BCUT2D eigenvalue weighted by molar-refractivity contribution is 0.175. The number of ether oxygens (including phenoxy) is 1. The molecule has 0 aliphatic carbocycles. The fourth-order valence-electron chi connectivity index (χ4n) is 2.33. The molecule has 0 heterocycles. The molecule has 0 aliphatic heterocycles. The number of hydrogen-bond donors (Lipinski definition) is 1. The zero-order valence-corrected chi connectivity index (χ0v) is 14.5. The van der Waals surface area contributed by atoms with Crippen LogP contribution in [0.5, 0.6) is 5.75 Å². The molecule has 0 saturated heterocycles. The molecular weight excluding hydrogens is 300 g/mol. The molecular formula is C20H24N2O2. The molecule has 0 saturated carbocycles. The maximum Gasteiger partial charge on any atom is 0.135 e. The number of anilines is 1. The summed E-state index contributed by atoms with van der Waals surface area (Å²) in [7, 11) is 1.92. The summed E-state index contributed by atoms with van der Waals surface area (Å²) in [4.78, 5) is 5.13. The van der Waals surface area contributed by atoms with Gasteiger partial charge in [0.1, 0.15) is 19.0 Å². The first-order valence-corrected chi connectivity index (χ1v) is 7.92. The minimum atomic E-state index is 0.396. The van der Waals surface area contributed by atoms with Crippen LogP contribution in [-0.2, 0) is 11.4 Å². The Labute approximate surface area is 143 Å². The third-order valence-electron chi connectivity index (χ3n) is 3.71. The Hall–Kier alpha value is -2.75. The van der Waals surface area contributed by atoms with Crippen LogP contribution in [-0.4, -0.2) is 19.4 Å². The first kappa shape index (κ1) is 17.6. The Morgan fingerprint density at radius 3 is 2.79 bits per heavy atom. The molecule has 2 rings (SSSR count). The number of nitrogens with zero attached hydrogens (tertiary/aromatic N) is 1. The second kappa shape index (κ2) is 8.77. The molecule has 0 amide bonds. The van der Waals surface area contributed by atoms with E-state index in [2.05, 4.69) is 36.1 Å². The molecule has 0 atom stereocenters. The summed E-state index contributed by atoms with van der Waals surface area (Å²) in [5, 5.41) is 7.27. The minimum absolute atomic E-state index is 0.396. The number of oxime groups is 1. The summed E-state index contributed by atoms with van der Waals surface area (Å²) < 4.78 is 5.98. The van der Waals surface area contributed by atoms with E-state index in [0.29, 0.717) is 13.2 Å². The largest absolute Gasteiger partial charge is 0.489 e. The molecule has 0 spiro atoms. The summed E-state index contributed by atoms with van der Waals surface area (Å²) in [6, 6.07) is 14.0. The van der Waals surface area contributed by atoms with Crippen LogP contribution in [0.4, 0.5) is 5.69 Å². The second-order valence-electron chi connectivity index (χ2n) is 5.43. The van der Waals surface area contributed by atoms with Crippen LogP contribution in [0.2, 0.25) is 0 Å². The lowest BCUT2D eigenvalue weighted by atomic mass is 10.1. The molecule has 0 aromatic heterocycles. The summed E-state index contributed by atoms with van der Waals surface area (Å²) in [6.45, 7) is 8.50. The van der Waals surface area contributed by atoms with Gasteiger partial charge in [0.05, 0.1) is 5.71 Å². The van der Waals surface area contributed by atoms with Gasteiger partial charge in [0, 0.05) is 23.9 Å². The topological polar surface area (TPSA) is 42.9 Å². The standard InChI is InChI=1S/C20H24N2O2/c1-5-12-24-22-16(3)17-9-7-10-18(13-17)23-14-19-15(2)8-6-11-20(19)21-4/h5-11,13,21H,1,12,14H2,2-4H3. The highest BCUT2D eigenvalue weighted by molar-refractivity contribution is 5.98. The van der Waals surface area contributed by atoms with Gasteiger partial charge in [-0.2, -0.15) is 0 Å². The van der Waals surface area contributed by atoms with Gasteiger partial charge < -0.3 is 14.9 Å². The maximum absolute atomic E-state index is 5.98. The maximum atomic E-state index is 5.98. The average molecular weight is 324 g/mol. The lowest BCUT2D eigenvalue weighted by Crippen LogP contribution is -2.03. The van der Waals surface area contributed by atoms with Gasteiger partial charge in [0.2, 0.25) is 0 Å². The van der Waals surface area contributed by atoms with E-state index in [0.717, 1.165) is 28.3 Å². The van der Waals surface area contributed by atoms with Crippen molar-refractivity contribution in [2.45, 2.75) is 20.5 Å². The Morgan fingerprint density at radius 1 is 1.25 bits per heavy atom. The van der Waals surface area contributed by atoms with Gasteiger partial charge in [-0.15, -0.1) is 0 Å². The number of benzene rings is 2. The molecule has 0 radical (unpaired) electrons. The van der Waals surface area contributed by atoms with Gasteiger partial charge in [0.25, 0.3) is 0 Å². The predicted octanol–water partition coefficient (Wildman–Crippen LogP) is 4.54. The number of hydrogen-bond acceptors (Lipinski definition) is 4. The lowest BCUT2D eigenvalue weighted by Gasteiger charge is -2.14. The number of nitrogens with one attached hydrogen (secondary N) is 1. The molecule has 2 aromatic carbocycles. The van der Waals surface area contributed by atoms with Crippen LogP contribution < -0.4 is 10.1 Å². The van der Waals surface area contributed by atoms with Crippen molar-refractivity contribution in [2.75, 3.05) is 19.0 Å². The van der Waals surface area contributed by atoms with E-state index in [1.54, 1.807) is 6.08 Å². The van der Waals surface area contributed by atoms with E-state index in [9.17, 15) is 0 Å². The van der Waals surface area contributed by atoms with Crippen molar-refractivity contribution >= 4 is 11.4 Å². The third-order valence-corrected chi connectivity index (χ3v) is 3.71. The fraction of sp³-hybridized carbons (Fsp3) is 0.250. The molecule has 2 aromatic rings. The molecule has 0 unspecified atom stereocenters. The van der Waals surface area contributed by atoms with Crippen molar-refractivity contribution in [3.63, 3.8) is 0 Å². The minimum Gasteiger partial charge on any atom is -0.489 e. The van der Waals surface area contributed by atoms with Gasteiger partial charge in [-0.3, -0.25) is 0 Å². The van der Waals surface area contributed by atoms with Gasteiger partial charge in [-0.25, -0.2) is 0 Å². The second-order valence-corrected chi connectivity index (χ2v) is 5.43. The Balaban J connectivity index is 2.10. The molecule has 0 fully saturated rings. The van der Waals surface area contributed by atoms with Crippen LogP contribution in [0, 0.1) is 6.92 Å². The van der Waals surface area contributed by atoms with E-state index in [4.69, 9.17) is 9.57 Å². The zero-order valence-electron chi connectivity index (χ0n) is 14.5. The molecule has 0 bridgehead atoms. The van der Waals surface area contributed by atoms with Crippen molar-refractivity contribution in [1.29, 1.82) is 0 Å². The van der Waals surface area contributed by atoms with Crippen LogP contribution in [0.25, 0.3) is 0 Å². The van der Waals surface area contributed by atoms with Gasteiger partial charge >= 0.3 is 0 Å². The highest BCUT2D eigenvalue weighted by atomic mass is 16.6. The van der Waals surface area contributed by atoms with Crippen molar-refractivity contribution in [3.8, 4) is 5.75 Å². The van der Waals surface area contributed by atoms with Gasteiger partial charge in [-0.05, 0) is 37.6 Å².